The Bertz CT molecular complexity index is 510. The van der Waals surface area contributed by atoms with E-state index < -0.39 is 5.60 Å². The summed E-state index contributed by atoms with van der Waals surface area (Å²) in [7, 11) is 0. The molecule has 0 aromatic rings. The van der Waals surface area contributed by atoms with Gasteiger partial charge in [0.05, 0.1) is 12.1 Å². The van der Waals surface area contributed by atoms with Gasteiger partial charge in [0.15, 0.2) is 0 Å². The van der Waals surface area contributed by atoms with Crippen molar-refractivity contribution in [3.05, 3.63) is 0 Å². The minimum Gasteiger partial charge on any atom is -0.387 e. The van der Waals surface area contributed by atoms with Gasteiger partial charge in [-0.1, -0.05) is 19.3 Å². The van der Waals surface area contributed by atoms with Gasteiger partial charge in [-0.05, 0) is 25.7 Å². The van der Waals surface area contributed by atoms with Crippen molar-refractivity contribution in [3.8, 4) is 0 Å². The van der Waals surface area contributed by atoms with Crippen molar-refractivity contribution in [2.45, 2.75) is 69.6 Å². The smallest absolute Gasteiger partial charge is 0.219 e. The van der Waals surface area contributed by atoms with E-state index in [4.69, 9.17) is 0 Å². The molecule has 27 heavy (non-hydrogen) atoms. The van der Waals surface area contributed by atoms with Gasteiger partial charge in [0.2, 0.25) is 5.91 Å². The molecule has 4 aliphatic rings. The first-order valence-corrected chi connectivity index (χ1v) is 11.2. The molecule has 0 spiro atoms. The Kier molecular flexibility index (Phi) is 6.07. The van der Waals surface area contributed by atoms with Crippen molar-refractivity contribution >= 4 is 5.91 Å². The van der Waals surface area contributed by atoms with Gasteiger partial charge >= 0.3 is 0 Å². The summed E-state index contributed by atoms with van der Waals surface area (Å²) in [5.41, 5.74) is -0.714. The SMILES string of the molecule is CC(=O)N1CCCC(O)(CN2CC(N3CCN(C4CCCCC4)CC3)C2)C1. The zero-order chi connectivity index (χ0) is 18.9. The fourth-order valence-corrected chi connectivity index (χ4v) is 5.74. The molecular formula is C21H38N4O2. The van der Waals surface area contributed by atoms with Gasteiger partial charge in [-0.2, -0.15) is 0 Å². The number of aliphatic hydroxyl groups is 1. The molecule has 1 atom stereocenters. The molecule has 3 saturated heterocycles. The lowest BCUT2D eigenvalue weighted by molar-refractivity contribution is -0.139. The van der Waals surface area contributed by atoms with E-state index >= 15 is 0 Å². The van der Waals surface area contributed by atoms with Gasteiger partial charge in [-0.3, -0.25) is 19.5 Å². The summed E-state index contributed by atoms with van der Waals surface area (Å²) in [6.45, 7) is 10.7. The fraction of sp³-hybridized carbons (Fsp3) is 0.952. The highest BCUT2D eigenvalue weighted by Crippen LogP contribution is 2.27. The number of piperidine rings is 1. The van der Waals surface area contributed by atoms with Crippen LogP contribution in [0, 0.1) is 0 Å². The molecule has 0 bridgehead atoms. The van der Waals surface area contributed by atoms with E-state index in [0.29, 0.717) is 12.6 Å². The summed E-state index contributed by atoms with van der Waals surface area (Å²) in [6.07, 6.45) is 8.83. The molecule has 1 unspecified atom stereocenters. The highest BCUT2D eigenvalue weighted by molar-refractivity contribution is 5.73. The lowest BCUT2D eigenvalue weighted by Crippen LogP contribution is -2.66. The maximum absolute atomic E-state index is 11.6. The number of piperazine rings is 1. The monoisotopic (exact) mass is 378 g/mol. The number of hydrogen-bond donors (Lipinski definition) is 1. The summed E-state index contributed by atoms with van der Waals surface area (Å²) in [5.74, 6) is 0.0884. The van der Waals surface area contributed by atoms with Crippen LogP contribution in [-0.2, 0) is 4.79 Å². The number of hydrogen-bond acceptors (Lipinski definition) is 5. The van der Waals surface area contributed by atoms with Crippen molar-refractivity contribution in [3.63, 3.8) is 0 Å². The second kappa shape index (κ2) is 8.36. The molecule has 0 aromatic heterocycles. The number of likely N-dealkylation sites (tertiary alicyclic amines) is 2. The van der Waals surface area contributed by atoms with Crippen molar-refractivity contribution < 1.29 is 9.90 Å². The lowest BCUT2D eigenvalue weighted by Gasteiger charge is -2.51. The van der Waals surface area contributed by atoms with Crippen LogP contribution in [0.5, 0.6) is 0 Å². The molecule has 3 aliphatic heterocycles. The largest absolute Gasteiger partial charge is 0.387 e. The van der Waals surface area contributed by atoms with Crippen LogP contribution in [0.3, 0.4) is 0 Å². The van der Waals surface area contributed by atoms with E-state index in [1.807, 2.05) is 4.90 Å². The minimum atomic E-state index is -0.714. The molecule has 0 radical (unpaired) electrons. The summed E-state index contributed by atoms with van der Waals surface area (Å²) < 4.78 is 0. The van der Waals surface area contributed by atoms with Crippen LogP contribution in [0.4, 0.5) is 0 Å². The number of nitrogens with zero attached hydrogens (tertiary/aromatic N) is 4. The second-order valence-electron chi connectivity index (χ2n) is 9.48. The third-order valence-electron chi connectivity index (χ3n) is 7.41. The number of amides is 1. The first-order valence-electron chi connectivity index (χ1n) is 11.2. The predicted molar refractivity (Wildman–Crippen MR) is 107 cm³/mol. The van der Waals surface area contributed by atoms with Crippen LogP contribution in [0.2, 0.25) is 0 Å². The molecule has 1 amide bonds. The highest BCUT2D eigenvalue weighted by atomic mass is 16.3. The standard InChI is InChI=1S/C21H38N4O2/c1-18(26)25-9-5-8-21(27,17-25)16-22-14-20(15-22)24-12-10-23(11-13-24)19-6-3-2-4-7-19/h19-20,27H,2-17H2,1H3. The summed E-state index contributed by atoms with van der Waals surface area (Å²) in [6, 6.07) is 1.51. The number of carbonyl (C=O) groups is 1. The molecule has 0 aromatic carbocycles. The van der Waals surface area contributed by atoms with E-state index in [1.165, 1.54) is 58.3 Å². The molecule has 6 heteroatoms. The average molecular weight is 379 g/mol. The van der Waals surface area contributed by atoms with Crippen LogP contribution in [-0.4, -0.2) is 107 Å². The van der Waals surface area contributed by atoms with Crippen LogP contribution >= 0.6 is 0 Å². The number of β-amino-alcohol motifs (C(OH)–C–C–N with tert-alkyl or cyclic N) is 1. The molecule has 154 valence electrons. The van der Waals surface area contributed by atoms with Crippen LogP contribution in [0.15, 0.2) is 0 Å². The van der Waals surface area contributed by atoms with Gasteiger partial charge < -0.3 is 10.0 Å². The van der Waals surface area contributed by atoms with Crippen molar-refractivity contribution in [2.75, 3.05) is 58.9 Å². The summed E-state index contributed by atoms with van der Waals surface area (Å²) >= 11 is 0. The summed E-state index contributed by atoms with van der Waals surface area (Å²) in [5, 5.41) is 10.9. The molecule has 1 saturated carbocycles. The Morgan fingerprint density at radius 3 is 2.19 bits per heavy atom. The van der Waals surface area contributed by atoms with Crippen molar-refractivity contribution in [2.24, 2.45) is 0 Å². The van der Waals surface area contributed by atoms with Gasteiger partial charge in [0.25, 0.3) is 0 Å². The molecule has 4 rings (SSSR count). The van der Waals surface area contributed by atoms with Gasteiger partial charge in [0, 0.05) is 71.4 Å². The van der Waals surface area contributed by atoms with Gasteiger partial charge in [-0.25, -0.2) is 0 Å². The Balaban J connectivity index is 1.18. The minimum absolute atomic E-state index is 0.0884. The maximum atomic E-state index is 11.6. The molecule has 1 aliphatic carbocycles. The first kappa shape index (κ1) is 19.6. The molecule has 3 heterocycles. The summed E-state index contributed by atoms with van der Waals surface area (Å²) in [4.78, 5) is 21.3. The Morgan fingerprint density at radius 2 is 1.56 bits per heavy atom. The second-order valence-corrected chi connectivity index (χ2v) is 9.48. The molecule has 4 fully saturated rings. The van der Waals surface area contributed by atoms with Gasteiger partial charge in [0.1, 0.15) is 0 Å². The third kappa shape index (κ3) is 4.66. The maximum Gasteiger partial charge on any atom is 0.219 e. The Morgan fingerprint density at radius 1 is 0.926 bits per heavy atom. The normalized spacial score (nSPS) is 33.2. The average Bonchev–Trinajstić information content (AvgIpc) is 2.65. The number of rotatable bonds is 4. The zero-order valence-corrected chi connectivity index (χ0v) is 17.1. The topological polar surface area (TPSA) is 50.3 Å². The first-order chi connectivity index (χ1) is 13.0. The van der Waals surface area contributed by atoms with Gasteiger partial charge in [-0.15, -0.1) is 0 Å². The quantitative estimate of drug-likeness (QED) is 0.791. The van der Waals surface area contributed by atoms with E-state index in [2.05, 4.69) is 14.7 Å². The van der Waals surface area contributed by atoms with Crippen LogP contribution in [0.1, 0.15) is 51.9 Å². The van der Waals surface area contributed by atoms with E-state index in [1.54, 1.807) is 6.92 Å². The van der Waals surface area contributed by atoms with E-state index in [9.17, 15) is 9.90 Å². The predicted octanol–water partition coefficient (Wildman–Crippen LogP) is 0.994. The highest BCUT2D eigenvalue weighted by Gasteiger charge is 2.41. The third-order valence-corrected chi connectivity index (χ3v) is 7.41. The Hall–Kier alpha value is -0.690. The molecule has 6 nitrogen and oxygen atoms in total. The fourth-order valence-electron chi connectivity index (χ4n) is 5.74. The Labute approximate surface area is 164 Å². The van der Waals surface area contributed by atoms with Crippen LogP contribution in [0.25, 0.3) is 0 Å². The number of carbonyl (C=O) groups excluding carboxylic acids is 1. The van der Waals surface area contributed by atoms with Crippen molar-refractivity contribution in [1.29, 1.82) is 0 Å². The van der Waals surface area contributed by atoms with E-state index in [0.717, 1.165) is 45.1 Å². The molecule has 1 N–H and O–H groups in total. The molecular weight excluding hydrogens is 340 g/mol. The van der Waals surface area contributed by atoms with Crippen molar-refractivity contribution in [1.82, 2.24) is 19.6 Å². The zero-order valence-electron chi connectivity index (χ0n) is 17.1. The van der Waals surface area contributed by atoms with E-state index in [-0.39, 0.29) is 5.91 Å². The lowest BCUT2D eigenvalue weighted by atomic mass is 9.90. The van der Waals surface area contributed by atoms with Crippen LogP contribution < -0.4 is 0 Å².